The van der Waals surface area contributed by atoms with Crippen molar-refractivity contribution in [3.63, 3.8) is 0 Å². The van der Waals surface area contributed by atoms with Gasteiger partial charge in [-0.15, -0.1) is 0 Å². The molecule has 0 radical (unpaired) electrons. The largest absolute Gasteiger partial charge is 0.369 e. The highest BCUT2D eigenvalue weighted by atomic mass is 32.1. The number of rotatable bonds is 4. The molecule has 0 unspecified atom stereocenters. The Morgan fingerprint density at radius 2 is 2.21 bits per heavy atom. The molecular weight excluding hydrogens is 260 g/mol. The molecular formula is C13H14N4OS. The Hall–Kier alpha value is -2.00. The average Bonchev–Trinajstić information content (AvgIpc) is 3.20. The summed E-state index contributed by atoms with van der Waals surface area (Å²) >= 11 is 0.172. The van der Waals surface area contributed by atoms with E-state index in [2.05, 4.69) is 15.4 Å². The maximum atomic E-state index is 10.6. The molecule has 1 aromatic carbocycles. The van der Waals surface area contributed by atoms with Crippen LogP contribution in [-0.4, -0.2) is 29.5 Å². The van der Waals surface area contributed by atoms with Crippen LogP contribution in [0.15, 0.2) is 21.5 Å². The van der Waals surface area contributed by atoms with E-state index in [1.165, 1.54) is 0 Å². The number of nitriles is 1. The molecule has 1 aliphatic carbocycles. The van der Waals surface area contributed by atoms with Gasteiger partial charge in [0.2, 0.25) is 11.5 Å². The van der Waals surface area contributed by atoms with Gasteiger partial charge in [-0.3, -0.25) is 0 Å². The average molecular weight is 274 g/mol. The van der Waals surface area contributed by atoms with Gasteiger partial charge in [-0.25, -0.2) is 4.99 Å². The number of hydrogen-bond acceptors (Lipinski definition) is 4. The molecule has 1 saturated carbocycles. The summed E-state index contributed by atoms with van der Waals surface area (Å²) in [6.07, 6.45) is 3.81. The number of aliphatic imine (C=N–C) groups is 1. The first-order valence-corrected chi connectivity index (χ1v) is 6.64. The number of nitrogens with zero attached hydrogens (tertiary/aromatic N) is 4. The highest BCUT2D eigenvalue weighted by molar-refractivity contribution is 7.54. The Balaban J connectivity index is 2.55. The van der Waals surface area contributed by atoms with E-state index in [-0.39, 0.29) is 11.5 Å². The summed E-state index contributed by atoms with van der Waals surface area (Å²) in [6.45, 7) is 0. The van der Waals surface area contributed by atoms with Crippen molar-refractivity contribution in [3.05, 3.63) is 23.3 Å². The summed E-state index contributed by atoms with van der Waals surface area (Å²) in [4.78, 5) is 6.09. The Bertz CT molecular complexity index is 608. The predicted molar refractivity (Wildman–Crippen MR) is 75.2 cm³/mol. The number of benzene rings is 1. The zero-order chi connectivity index (χ0) is 13.8. The lowest BCUT2D eigenvalue weighted by molar-refractivity contribution is 0.643. The first-order chi connectivity index (χ1) is 9.15. The van der Waals surface area contributed by atoms with Crippen LogP contribution in [0.4, 0.5) is 11.4 Å². The maximum Gasteiger partial charge on any atom is 0.205 e. The van der Waals surface area contributed by atoms with Gasteiger partial charge in [-0.1, -0.05) is 0 Å². The Morgan fingerprint density at radius 1 is 1.47 bits per heavy atom. The van der Waals surface area contributed by atoms with Crippen LogP contribution in [0.5, 0.6) is 0 Å². The van der Waals surface area contributed by atoms with E-state index in [0.717, 1.165) is 18.4 Å². The van der Waals surface area contributed by atoms with E-state index in [0.29, 0.717) is 22.9 Å². The van der Waals surface area contributed by atoms with Crippen LogP contribution in [-0.2, 0) is 11.5 Å². The highest BCUT2D eigenvalue weighted by Crippen LogP contribution is 2.45. The molecule has 0 atom stereocenters. The van der Waals surface area contributed by atoms with Crippen LogP contribution >= 0.6 is 0 Å². The summed E-state index contributed by atoms with van der Waals surface area (Å²) in [5.74, 6) is 0.412. The van der Waals surface area contributed by atoms with Crippen LogP contribution in [0.1, 0.15) is 29.9 Å². The lowest BCUT2D eigenvalue weighted by Gasteiger charge is -2.08. The minimum absolute atomic E-state index is 0.172. The zero-order valence-electron chi connectivity index (χ0n) is 10.8. The topological polar surface area (TPSA) is 68.8 Å². The van der Waals surface area contributed by atoms with Crippen LogP contribution in [0.3, 0.4) is 0 Å². The molecule has 0 spiro atoms. The van der Waals surface area contributed by atoms with Crippen molar-refractivity contribution in [2.75, 3.05) is 14.1 Å². The van der Waals surface area contributed by atoms with Crippen molar-refractivity contribution >= 4 is 29.2 Å². The van der Waals surface area contributed by atoms with Crippen LogP contribution in [0, 0.1) is 11.3 Å². The molecule has 0 saturated heterocycles. The van der Waals surface area contributed by atoms with Gasteiger partial charge >= 0.3 is 0 Å². The molecule has 19 heavy (non-hydrogen) atoms. The molecule has 0 aliphatic heterocycles. The second-order valence-corrected chi connectivity index (χ2v) is 5.02. The van der Waals surface area contributed by atoms with E-state index < -0.39 is 0 Å². The lowest BCUT2D eigenvalue weighted by Crippen LogP contribution is -2.07. The molecule has 0 N–H and O–H groups in total. The van der Waals surface area contributed by atoms with E-state index in [1.54, 1.807) is 17.3 Å². The first-order valence-electron chi connectivity index (χ1n) is 5.94. The molecule has 1 fully saturated rings. The second-order valence-electron chi connectivity index (χ2n) is 4.69. The Kier molecular flexibility index (Phi) is 4.07. The molecule has 98 valence electrons. The molecule has 0 aromatic heterocycles. The van der Waals surface area contributed by atoms with Gasteiger partial charge in [0, 0.05) is 14.1 Å². The third-order valence-corrected chi connectivity index (χ3v) is 3.12. The monoisotopic (exact) mass is 274 g/mol. The summed E-state index contributed by atoms with van der Waals surface area (Å²) in [7, 11) is 3.72. The van der Waals surface area contributed by atoms with E-state index in [9.17, 15) is 9.47 Å². The lowest BCUT2D eigenvalue weighted by atomic mass is 10.0. The second kappa shape index (κ2) is 5.76. The fourth-order valence-electron chi connectivity index (χ4n) is 1.85. The molecule has 1 aliphatic rings. The highest BCUT2D eigenvalue weighted by Gasteiger charge is 2.28. The first kappa shape index (κ1) is 13.4. The van der Waals surface area contributed by atoms with Gasteiger partial charge in [-0.05, 0) is 36.5 Å². The smallest absolute Gasteiger partial charge is 0.205 e. The SMILES string of the molecule is CN(C)C=Nc1cc(N=S=O)cc(C2CC2)c1C#N. The number of hydrogen-bond donors (Lipinski definition) is 0. The van der Waals surface area contributed by atoms with Gasteiger partial charge in [0.05, 0.1) is 23.3 Å². The van der Waals surface area contributed by atoms with E-state index in [4.69, 9.17) is 0 Å². The van der Waals surface area contributed by atoms with Crippen LogP contribution in [0.25, 0.3) is 0 Å². The summed E-state index contributed by atoms with van der Waals surface area (Å²) in [6, 6.07) is 5.72. The van der Waals surface area contributed by atoms with E-state index in [1.807, 2.05) is 20.2 Å². The van der Waals surface area contributed by atoms with Gasteiger partial charge in [0.15, 0.2) is 0 Å². The Morgan fingerprint density at radius 3 is 2.74 bits per heavy atom. The zero-order valence-corrected chi connectivity index (χ0v) is 11.6. The van der Waals surface area contributed by atoms with Gasteiger partial charge in [0.1, 0.15) is 6.07 Å². The van der Waals surface area contributed by atoms with Crippen molar-refractivity contribution in [3.8, 4) is 6.07 Å². The van der Waals surface area contributed by atoms with Gasteiger partial charge < -0.3 is 4.90 Å². The van der Waals surface area contributed by atoms with Crippen molar-refractivity contribution in [1.82, 2.24) is 4.90 Å². The molecule has 5 nitrogen and oxygen atoms in total. The van der Waals surface area contributed by atoms with Gasteiger partial charge in [0.25, 0.3) is 0 Å². The van der Waals surface area contributed by atoms with Crippen molar-refractivity contribution < 1.29 is 4.21 Å². The molecule has 1 aromatic rings. The molecule has 0 amide bonds. The summed E-state index contributed by atoms with van der Waals surface area (Å²) < 4.78 is 14.4. The minimum Gasteiger partial charge on any atom is -0.369 e. The minimum atomic E-state index is 0.172. The predicted octanol–water partition coefficient (Wildman–Crippen LogP) is 2.69. The maximum absolute atomic E-state index is 10.6. The summed E-state index contributed by atoms with van der Waals surface area (Å²) in [5.41, 5.74) is 2.71. The third-order valence-electron chi connectivity index (χ3n) is 2.83. The molecule has 2 rings (SSSR count). The Labute approximate surface area is 115 Å². The fraction of sp³-hybridized carbons (Fsp3) is 0.385. The van der Waals surface area contributed by atoms with Crippen molar-refractivity contribution in [2.45, 2.75) is 18.8 Å². The van der Waals surface area contributed by atoms with E-state index >= 15 is 0 Å². The molecule has 0 heterocycles. The van der Waals surface area contributed by atoms with Crippen molar-refractivity contribution in [1.29, 1.82) is 5.26 Å². The van der Waals surface area contributed by atoms with Crippen LogP contribution in [0.2, 0.25) is 0 Å². The fourth-order valence-corrected chi connectivity index (χ4v) is 2.04. The normalized spacial score (nSPS) is 14.2. The van der Waals surface area contributed by atoms with Crippen molar-refractivity contribution in [2.24, 2.45) is 9.36 Å². The summed E-state index contributed by atoms with van der Waals surface area (Å²) in [5, 5.41) is 9.33. The molecule has 0 bridgehead atoms. The molecule has 6 heteroatoms. The van der Waals surface area contributed by atoms with Crippen LogP contribution < -0.4 is 0 Å². The van der Waals surface area contributed by atoms with Gasteiger partial charge in [-0.2, -0.15) is 13.8 Å². The quantitative estimate of drug-likeness (QED) is 0.626. The third kappa shape index (κ3) is 3.26. The standard InChI is InChI=1S/C13H14N4OS/c1-17(2)8-15-13-6-10(16-19-18)5-11(9-3-4-9)12(13)7-14/h5-6,8-9H,3-4H2,1-2H3.